The first-order valence-corrected chi connectivity index (χ1v) is 8.63. The second-order valence-electron chi connectivity index (χ2n) is 6.42. The Balaban J connectivity index is 1.85. The molecule has 4 rings (SSSR count). The first kappa shape index (κ1) is 15.6. The summed E-state index contributed by atoms with van der Waals surface area (Å²) < 4.78 is 0. The van der Waals surface area contributed by atoms with Crippen molar-refractivity contribution in [3.63, 3.8) is 0 Å². The summed E-state index contributed by atoms with van der Waals surface area (Å²) in [6, 6.07) is 18.2. The summed E-state index contributed by atoms with van der Waals surface area (Å²) in [7, 11) is 0. The maximum absolute atomic E-state index is 12.5. The number of para-hydroxylation sites is 1. The van der Waals surface area contributed by atoms with Crippen LogP contribution in [0.4, 0.5) is 5.69 Å². The molecular weight excluding hydrogens is 310 g/mol. The number of carbonyl (C=O) groups is 2. The average Bonchev–Trinajstić information content (AvgIpc) is 2.64. The molecule has 0 N–H and O–H groups in total. The molecule has 2 aromatic rings. The third-order valence-electron chi connectivity index (χ3n) is 4.74. The highest BCUT2D eigenvalue weighted by Crippen LogP contribution is 2.35. The minimum atomic E-state index is -0.0339. The molecule has 0 aromatic heterocycles. The van der Waals surface area contributed by atoms with Crippen molar-refractivity contribution in [2.45, 2.75) is 25.8 Å². The molecule has 3 nitrogen and oxygen atoms in total. The zero-order chi connectivity index (χ0) is 17.2. The second-order valence-corrected chi connectivity index (χ2v) is 6.42. The van der Waals surface area contributed by atoms with Gasteiger partial charge in [0.25, 0.3) is 0 Å². The van der Waals surface area contributed by atoms with Crippen LogP contribution in [0.1, 0.15) is 30.4 Å². The van der Waals surface area contributed by atoms with Crippen molar-refractivity contribution >= 4 is 23.3 Å². The number of anilines is 1. The van der Waals surface area contributed by atoms with Gasteiger partial charge in [0.15, 0.2) is 11.6 Å². The van der Waals surface area contributed by atoms with Gasteiger partial charge in [0.05, 0.1) is 11.3 Å². The predicted octanol–water partition coefficient (Wildman–Crippen LogP) is 4.30. The van der Waals surface area contributed by atoms with E-state index in [1.54, 1.807) is 0 Å². The zero-order valence-corrected chi connectivity index (χ0v) is 13.9. The number of hydrogen-bond acceptors (Lipinski definition) is 3. The molecule has 0 bridgehead atoms. The molecule has 1 heterocycles. The molecule has 25 heavy (non-hydrogen) atoms. The van der Waals surface area contributed by atoms with Crippen molar-refractivity contribution in [1.82, 2.24) is 0 Å². The van der Waals surface area contributed by atoms with E-state index in [0.717, 1.165) is 22.5 Å². The number of benzene rings is 2. The minimum Gasteiger partial charge on any atom is -0.336 e. The molecule has 1 fully saturated rings. The Kier molecular flexibility index (Phi) is 4.06. The maximum atomic E-state index is 12.5. The molecule has 0 unspecified atom stereocenters. The number of rotatable bonds is 2. The van der Waals surface area contributed by atoms with Crippen molar-refractivity contribution in [1.29, 1.82) is 0 Å². The highest BCUT2D eigenvalue weighted by Gasteiger charge is 2.30. The van der Waals surface area contributed by atoms with E-state index in [0.29, 0.717) is 31.4 Å². The second kappa shape index (κ2) is 6.52. The summed E-state index contributed by atoms with van der Waals surface area (Å²) in [5, 5.41) is 0. The molecule has 1 aliphatic heterocycles. The van der Waals surface area contributed by atoms with Gasteiger partial charge in [-0.2, -0.15) is 0 Å². The van der Waals surface area contributed by atoms with Gasteiger partial charge < -0.3 is 4.90 Å². The number of Topliss-reactive ketones (excluding diaryl/α,β-unsaturated/α-hetero) is 2. The van der Waals surface area contributed by atoms with Gasteiger partial charge in [-0.1, -0.05) is 54.6 Å². The molecule has 124 valence electrons. The van der Waals surface area contributed by atoms with Crippen LogP contribution in [0.2, 0.25) is 0 Å². The number of allylic oxidation sites excluding steroid dienone is 2. The molecule has 3 heteroatoms. The molecule has 0 saturated heterocycles. The maximum Gasteiger partial charge on any atom is 0.168 e. The van der Waals surface area contributed by atoms with Crippen molar-refractivity contribution in [2.75, 3.05) is 4.90 Å². The number of fused-ring (bicyclic) bond motifs is 1. The lowest BCUT2D eigenvalue weighted by Gasteiger charge is -2.32. The van der Waals surface area contributed by atoms with Crippen molar-refractivity contribution in [3.05, 3.63) is 83.1 Å². The van der Waals surface area contributed by atoms with Crippen LogP contribution < -0.4 is 4.90 Å². The van der Waals surface area contributed by atoms with Crippen LogP contribution in [0.25, 0.3) is 6.08 Å². The lowest BCUT2D eigenvalue weighted by atomic mass is 9.89. The zero-order valence-electron chi connectivity index (χ0n) is 13.9. The van der Waals surface area contributed by atoms with Gasteiger partial charge >= 0.3 is 0 Å². The Bertz CT molecular complexity index is 875. The van der Waals surface area contributed by atoms with Crippen molar-refractivity contribution in [2.24, 2.45) is 0 Å². The first-order valence-electron chi connectivity index (χ1n) is 8.63. The molecule has 2 aliphatic rings. The summed E-state index contributed by atoms with van der Waals surface area (Å²) in [5.41, 5.74) is 4.37. The van der Waals surface area contributed by atoms with E-state index in [2.05, 4.69) is 23.1 Å². The Morgan fingerprint density at radius 2 is 1.48 bits per heavy atom. The molecule has 1 saturated carbocycles. The standard InChI is InChI=1S/C22H19NO2/c24-20-11-6-12-21(25)22(20)19-14-13-17-9-4-5-10-18(17)23(19)15-16-7-2-1-3-8-16/h1-5,7-10,13-14H,6,11-12,15H2. The third-order valence-corrected chi connectivity index (χ3v) is 4.74. The summed E-state index contributed by atoms with van der Waals surface area (Å²) in [5.74, 6) is -0.0679. The van der Waals surface area contributed by atoms with Gasteiger partial charge in [-0.05, 0) is 29.7 Å². The van der Waals surface area contributed by atoms with Gasteiger partial charge in [-0.15, -0.1) is 0 Å². The quantitative estimate of drug-likeness (QED) is 0.609. The molecule has 2 aromatic carbocycles. The van der Waals surface area contributed by atoms with E-state index in [1.807, 2.05) is 48.6 Å². The monoisotopic (exact) mass is 329 g/mol. The fourth-order valence-electron chi connectivity index (χ4n) is 3.52. The van der Waals surface area contributed by atoms with Crippen molar-refractivity contribution < 1.29 is 9.59 Å². The third kappa shape index (κ3) is 2.93. The largest absolute Gasteiger partial charge is 0.336 e. The highest BCUT2D eigenvalue weighted by molar-refractivity contribution is 6.23. The Hall–Kier alpha value is -2.94. The average molecular weight is 329 g/mol. The molecule has 0 radical (unpaired) electrons. The summed E-state index contributed by atoms with van der Waals surface area (Å²) in [4.78, 5) is 27.0. The highest BCUT2D eigenvalue weighted by atomic mass is 16.1. The number of carbonyl (C=O) groups excluding carboxylic acids is 2. The van der Waals surface area contributed by atoms with Gasteiger partial charge in [-0.3, -0.25) is 9.59 Å². The fraction of sp³-hybridized carbons (Fsp3) is 0.182. The van der Waals surface area contributed by atoms with Crippen LogP contribution in [0.5, 0.6) is 0 Å². The smallest absolute Gasteiger partial charge is 0.168 e. The lowest BCUT2D eigenvalue weighted by molar-refractivity contribution is -0.123. The van der Waals surface area contributed by atoms with Gasteiger partial charge in [0.2, 0.25) is 0 Å². The molecule has 0 amide bonds. The van der Waals surface area contributed by atoms with Crippen LogP contribution in [0.3, 0.4) is 0 Å². The van der Waals surface area contributed by atoms with Crippen LogP contribution in [0, 0.1) is 0 Å². The van der Waals surface area contributed by atoms with Crippen molar-refractivity contribution in [3.8, 4) is 0 Å². The van der Waals surface area contributed by atoms with E-state index < -0.39 is 0 Å². The number of ketones is 2. The number of nitrogens with zero attached hydrogens (tertiary/aromatic N) is 1. The molecular formula is C22H19NO2. The molecule has 0 spiro atoms. The van der Waals surface area contributed by atoms with E-state index in [1.165, 1.54) is 0 Å². The van der Waals surface area contributed by atoms with Crippen LogP contribution in [-0.4, -0.2) is 11.6 Å². The SMILES string of the molecule is O=C1CCCC(=O)C1=C1C=Cc2ccccc2N1Cc1ccccc1. The minimum absolute atomic E-state index is 0.0339. The van der Waals surface area contributed by atoms with E-state index >= 15 is 0 Å². The van der Waals surface area contributed by atoms with E-state index in [-0.39, 0.29) is 11.6 Å². The van der Waals surface area contributed by atoms with Crippen LogP contribution >= 0.6 is 0 Å². The van der Waals surface area contributed by atoms with Crippen LogP contribution in [-0.2, 0) is 16.1 Å². The topological polar surface area (TPSA) is 37.4 Å². The normalized spacial score (nSPS) is 17.0. The van der Waals surface area contributed by atoms with Gasteiger partial charge in [0, 0.05) is 25.1 Å². The summed E-state index contributed by atoms with van der Waals surface area (Å²) in [6.45, 7) is 0.627. The first-order chi connectivity index (χ1) is 12.2. The van der Waals surface area contributed by atoms with E-state index in [4.69, 9.17) is 0 Å². The Labute approximate surface area is 147 Å². The van der Waals surface area contributed by atoms with Gasteiger partial charge in [-0.25, -0.2) is 0 Å². The predicted molar refractivity (Wildman–Crippen MR) is 99.0 cm³/mol. The Morgan fingerprint density at radius 1 is 0.800 bits per heavy atom. The summed E-state index contributed by atoms with van der Waals surface area (Å²) >= 11 is 0. The number of hydrogen-bond donors (Lipinski definition) is 0. The fourth-order valence-corrected chi connectivity index (χ4v) is 3.52. The van der Waals surface area contributed by atoms with Crippen LogP contribution in [0.15, 0.2) is 71.9 Å². The lowest BCUT2D eigenvalue weighted by Crippen LogP contribution is -2.30. The Morgan fingerprint density at radius 3 is 2.24 bits per heavy atom. The molecule has 0 atom stereocenters. The van der Waals surface area contributed by atoms with Gasteiger partial charge in [0.1, 0.15) is 0 Å². The summed E-state index contributed by atoms with van der Waals surface area (Å²) in [6.07, 6.45) is 5.49. The molecule has 1 aliphatic carbocycles. The van der Waals surface area contributed by atoms with E-state index in [9.17, 15) is 9.59 Å².